The molecule has 0 radical (unpaired) electrons. The van der Waals surface area contributed by atoms with E-state index in [9.17, 15) is 0 Å². The van der Waals surface area contributed by atoms with Gasteiger partial charge >= 0.3 is 0 Å². The number of hydrogen-bond acceptors (Lipinski definition) is 2. The molecule has 2 atom stereocenters. The quantitative estimate of drug-likeness (QED) is 0.693. The average molecular weight is 202 g/mol. The second-order valence-corrected chi connectivity index (χ2v) is 4.92. The van der Waals surface area contributed by atoms with Gasteiger partial charge in [0.1, 0.15) is 0 Å². The Hall–Kier alpha value is -0.860. The third-order valence-corrected chi connectivity index (χ3v) is 4.44. The molecule has 2 unspecified atom stereocenters. The molecule has 1 aromatic carbocycles. The molecule has 2 aliphatic heterocycles. The molecule has 1 saturated carbocycles. The van der Waals surface area contributed by atoms with Gasteiger partial charge in [-0.05, 0) is 17.4 Å². The van der Waals surface area contributed by atoms with Crippen molar-refractivity contribution in [2.45, 2.75) is 18.1 Å². The normalized spacial score (nSPS) is 46.3. The van der Waals surface area contributed by atoms with Gasteiger partial charge in [-0.15, -0.1) is 0 Å². The van der Waals surface area contributed by atoms with Crippen molar-refractivity contribution < 1.29 is 9.47 Å². The summed E-state index contributed by atoms with van der Waals surface area (Å²) in [4.78, 5) is 0. The van der Waals surface area contributed by atoms with E-state index < -0.39 is 0 Å². The van der Waals surface area contributed by atoms with Gasteiger partial charge in [0.05, 0.1) is 13.2 Å². The van der Waals surface area contributed by atoms with E-state index in [1.807, 2.05) is 0 Å². The lowest BCUT2D eigenvalue weighted by atomic mass is 9.86. The van der Waals surface area contributed by atoms with Gasteiger partial charge in [-0.3, -0.25) is 0 Å². The summed E-state index contributed by atoms with van der Waals surface area (Å²) in [6.07, 6.45) is 1.12. The summed E-state index contributed by atoms with van der Waals surface area (Å²) in [6, 6.07) is 10.9. The van der Waals surface area contributed by atoms with Crippen molar-refractivity contribution in [3.05, 3.63) is 35.9 Å². The average Bonchev–Trinajstić information content (AvgIpc) is 3.03. The van der Waals surface area contributed by atoms with Crippen molar-refractivity contribution in [2.24, 2.45) is 11.8 Å². The van der Waals surface area contributed by atoms with E-state index in [4.69, 9.17) is 9.47 Å². The summed E-state index contributed by atoms with van der Waals surface area (Å²) < 4.78 is 11.3. The molecular weight excluding hydrogens is 188 g/mol. The van der Waals surface area contributed by atoms with Crippen LogP contribution < -0.4 is 0 Å². The first-order valence-electron chi connectivity index (χ1n) is 5.70. The van der Waals surface area contributed by atoms with Gasteiger partial charge in [-0.2, -0.15) is 0 Å². The van der Waals surface area contributed by atoms with Gasteiger partial charge in [0.15, 0.2) is 6.29 Å². The molecule has 4 rings (SSSR count). The minimum Gasteiger partial charge on any atom is -0.352 e. The third-order valence-electron chi connectivity index (χ3n) is 4.44. The van der Waals surface area contributed by atoms with Crippen LogP contribution in [0.5, 0.6) is 0 Å². The Bertz CT molecular complexity index is 373. The molecule has 2 bridgehead atoms. The van der Waals surface area contributed by atoms with Crippen LogP contribution in [0, 0.1) is 11.8 Å². The first-order chi connectivity index (χ1) is 7.41. The minimum atomic E-state index is 0.0557. The van der Waals surface area contributed by atoms with Crippen LogP contribution in [0.1, 0.15) is 12.0 Å². The Balaban J connectivity index is 1.79. The molecule has 3 aliphatic rings. The molecule has 1 aliphatic carbocycles. The maximum Gasteiger partial charge on any atom is 0.158 e. The van der Waals surface area contributed by atoms with Crippen LogP contribution in [-0.2, 0) is 14.9 Å². The Labute approximate surface area is 89.2 Å². The van der Waals surface area contributed by atoms with E-state index in [1.165, 1.54) is 5.56 Å². The van der Waals surface area contributed by atoms with Crippen molar-refractivity contribution in [3.8, 4) is 0 Å². The van der Waals surface area contributed by atoms with Crippen LogP contribution in [0.15, 0.2) is 30.3 Å². The highest BCUT2D eigenvalue weighted by atomic mass is 16.7. The Morgan fingerprint density at radius 3 is 2.33 bits per heavy atom. The second-order valence-electron chi connectivity index (χ2n) is 4.92. The van der Waals surface area contributed by atoms with E-state index in [1.54, 1.807) is 0 Å². The van der Waals surface area contributed by atoms with Crippen molar-refractivity contribution >= 4 is 0 Å². The highest BCUT2D eigenvalue weighted by Gasteiger charge is 2.70. The fourth-order valence-electron chi connectivity index (χ4n) is 3.60. The Morgan fingerprint density at radius 1 is 1.00 bits per heavy atom. The maximum absolute atomic E-state index is 5.65. The lowest BCUT2D eigenvalue weighted by Crippen LogP contribution is -2.35. The van der Waals surface area contributed by atoms with Crippen LogP contribution in [0.2, 0.25) is 0 Å². The molecule has 3 fully saturated rings. The number of benzene rings is 1. The van der Waals surface area contributed by atoms with E-state index in [-0.39, 0.29) is 6.29 Å². The zero-order valence-corrected chi connectivity index (χ0v) is 8.56. The number of ether oxygens (including phenoxy) is 2. The highest BCUT2D eigenvalue weighted by Crippen LogP contribution is 2.67. The van der Waals surface area contributed by atoms with E-state index in [2.05, 4.69) is 30.3 Å². The molecule has 1 aromatic rings. The highest BCUT2D eigenvalue weighted by molar-refractivity contribution is 5.38. The van der Waals surface area contributed by atoms with Crippen molar-refractivity contribution in [2.75, 3.05) is 13.2 Å². The molecule has 78 valence electrons. The first-order valence-corrected chi connectivity index (χ1v) is 5.70. The molecule has 2 nitrogen and oxygen atoms in total. The van der Waals surface area contributed by atoms with Gasteiger partial charge in [0.2, 0.25) is 0 Å². The first kappa shape index (κ1) is 8.31. The zero-order chi connectivity index (χ0) is 9.88. The molecule has 0 spiro atoms. The van der Waals surface area contributed by atoms with Gasteiger partial charge in [-0.1, -0.05) is 30.3 Å². The van der Waals surface area contributed by atoms with Crippen LogP contribution in [0.25, 0.3) is 0 Å². The fraction of sp³-hybridized carbons (Fsp3) is 0.538. The molecule has 2 saturated heterocycles. The summed E-state index contributed by atoms with van der Waals surface area (Å²) in [6.45, 7) is 1.79. The predicted molar refractivity (Wildman–Crippen MR) is 55.4 cm³/mol. The summed E-state index contributed by atoms with van der Waals surface area (Å²) in [7, 11) is 0. The number of fused-ring (bicyclic) bond motifs is 2. The predicted octanol–water partition coefficient (Wildman–Crippen LogP) is 1.95. The van der Waals surface area contributed by atoms with Crippen molar-refractivity contribution in [1.29, 1.82) is 0 Å². The second kappa shape index (κ2) is 2.63. The third kappa shape index (κ3) is 0.918. The SMILES string of the molecule is c1ccc(C23CC4OCC2C3CO4)cc1. The van der Waals surface area contributed by atoms with Gasteiger partial charge in [-0.25, -0.2) is 0 Å². The summed E-state index contributed by atoms with van der Waals surface area (Å²) in [5, 5.41) is 0. The van der Waals surface area contributed by atoms with E-state index in [0.717, 1.165) is 19.6 Å². The van der Waals surface area contributed by atoms with E-state index >= 15 is 0 Å². The fourth-order valence-corrected chi connectivity index (χ4v) is 3.60. The number of rotatable bonds is 1. The Morgan fingerprint density at radius 2 is 1.67 bits per heavy atom. The maximum atomic E-state index is 5.65. The standard InChI is InChI=1S/C13H14O2/c1-2-4-9(5-3-1)13-6-12-14-7-10(13)11(13)8-15-12/h1-5,10-12H,6-8H2. The van der Waals surface area contributed by atoms with Gasteiger partial charge < -0.3 is 9.47 Å². The van der Waals surface area contributed by atoms with Crippen LogP contribution in [0.4, 0.5) is 0 Å². The van der Waals surface area contributed by atoms with Crippen LogP contribution >= 0.6 is 0 Å². The zero-order valence-electron chi connectivity index (χ0n) is 8.56. The van der Waals surface area contributed by atoms with E-state index in [0.29, 0.717) is 17.3 Å². The largest absolute Gasteiger partial charge is 0.352 e. The molecule has 0 aromatic heterocycles. The van der Waals surface area contributed by atoms with Crippen molar-refractivity contribution in [1.82, 2.24) is 0 Å². The Kier molecular flexibility index (Phi) is 1.46. The summed E-state index contributed by atoms with van der Waals surface area (Å²) >= 11 is 0. The lowest BCUT2D eigenvalue weighted by Gasteiger charge is -2.32. The van der Waals surface area contributed by atoms with Crippen molar-refractivity contribution in [3.63, 3.8) is 0 Å². The number of hydrogen-bond donors (Lipinski definition) is 0. The molecule has 2 heteroatoms. The summed E-state index contributed by atoms with van der Waals surface area (Å²) in [5.41, 5.74) is 1.90. The molecular formula is C13H14O2. The molecule has 2 heterocycles. The molecule has 0 N–H and O–H groups in total. The smallest absolute Gasteiger partial charge is 0.158 e. The van der Waals surface area contributed by atoms with Gasteiger partial charge in [0.25, 0.3) is 0 Å². The summed E-state index contributed by atoms with van der Waals surface area (Å²) in [5.74, 6) is 1.41. The van der Waals surface area contributed by atoms with Crippen LogP contribution in [0.3, 0.4) is 0 Å². The monoisotopic (exact) mass is 202 g/mol. The topological polar surface area (TPSA) is 18.5 Å². The minimum absolute atomic E-state index is 0.0557. The van der Waals surface area contributed by atoms with Crippen LogP contribution in [-0.4, -0.2) is 19.5 Å². The lowest BCUT2D eigenvalue weighted by molar-refractivity contribution is -0.172. The van der Waals surface area contributed by atoms with Gasteiger partial charge in [0, 0.05) is 11.8 Å². The molecule has 15 heavy (non-hydrogen) atoms. The molecule has 0 amide bonds.